The van der Waals surface area contributed by atoms with Crippen molar-refractivity contribution in [2.24, 2.45) is 0 Å². The van der Waals surface area contributed by atoms with E-state index < -0.39 is 0 Å². The smallest absolute Gasteiger partial charge is 0.101 e. The van der Waals surface area contributed by atoms with Crippen molar-refractivity contribution < 1.29 is 10.6 Å². The number of benzene rings is 1. The zero-order chi connectivity index (χ0) is 15.0. The average Bonchev–Trinajstić information content (AvgIpc) is 2.27. The van der Waals surface area contributed by atoms with Crippen LogP contribution in [0.1, 0.15) is 46.1 Å². The molecule has 0 amide bonds. The lowest BCUT2D eigenvalue weighted by molar-refractivity contribution is -0.816. The Morgan fingerprint density at radius 3 is 2.25 bits per heavy atom. The van der Waals surface area contributed by atoms with E-state index in [4.69, 9.17) is 23.2 Å². The highest BCUT2D eigenvalue weighted by Gasteiger charge is 2.43. The topological polar surface area (TPSA) is 33.2 Å². The molecule has 0 aromatic heterocycles. The lowest BCUT2D eigenvalue weighted by Crippen LogP contribution is -3.09. The molecule has 20 heavy (non-hydrogen) atoms. The molecule has 2 nitrogen and oxygen atoms in total. The number of halogens is 2. The maximum Gasteiger partial charge on any atom is 0.101 e. The molecule has 112 valence electrons. The Hall–Kier alpha value is -0.280. The number of hydrogen-bond donors (Lipinski definition) is 2. The summed E-state index contributed by atoms with van der Waals surface area (Å²) in [6.45, 7) is 10.3. The third kappa shape index (κ3) is 4.36. The van der Waals surface area contributed by atoms with Gasteiger partial charge in [0, 0.05) is 5.56 Å². The highest BCUT2D eigenvalue weighted by atomic mass is 35.5. The van der Waals surface area contributed by atoms with Crippen molar-refractivity contribution in [1.82, 2.24) is 0 Å². The Labute approximate surface area is 132 Å². The van der Waals surface area contributed by atoms with Crippen LogP contribution >= 0.6 is 23.2 Å². The normalized spacial score (nSPS) is 21.9. The molecule has 0 bridgehead atoms. The van der Waals surface area contributed by atoms with Gasteiger partial charge in [0.2, 0.25) is 0 Å². The quantitative estimate of drug-likeness (QED) is 0.858. The summed E-state index contributed by atoms with van der Waals surface area (Å²) in [5.74, 6) is 0. The molecule has 1 aromatic carbocycles. The second kappa shape index (κ2) is 5.84. The van der Waals surface area contributed by atoms with Gasteiger partial charge < -0.3 is 10.6 Å². The largest absolute Gasteiger partial charge is 0.340 e. The molecule has 1 fully saturated rings. The van der Waals surface area contributed by atoms with Crippen molar-refractivity contribution in [3.8, 4) is 0 Å². The number of piperidine rings is 1. The number of nitrogens with two attached hydrogens (primary N) is 2. The van der Waals surface area contributed by atoms with E-state index in [9.17, 15) is 0 Å². The summed E-state index contributed by atoms with van der Waals surface area (Å²) >= 11 is 12.0. The molecule has 0 spiro atoms. The minimum atomic E-state index is 0.320. The Balaban J connectivity index is 1.98. The monoisotopic (exact) mass is 316 g/mol. The molecule has 4 heteroatoms. The molecule has 2 rings (SSSR count). The van der Waals surface area contributed by atoms with Gasteiger partial charge >= 0.3 is 0 Å². The molecule has 1 aliphatic rings. The zero-order valence-electron chi connectivity index (χ0n) is 12.8. The molecule has 0 saturated carbocycles. The third-order valence-electron chi connectivity index (χ3n) is 4.03. The number of rotatable bonds is 3. The summed E-state index contributed by atoms with van der Waals surface area (Å²) in [7, 11) is 0. The minimum absolute atomic E-state index is 0.320. The molecule has 0 unspecified atom stereocenters. The van der Waals surface area contributed by atoms with Gasteiger partial charge in [-0.2, -0.15) is 0 Å². The van der Waals surface area contributed by atoms with Gasteiger partial charge in [0.1, 0.15) is 6.54 Å². The van der Waals surface area contributed by atoms with Gasteiger partial charge in [0.05, 0.1) is 40.0 Å². The van der Waals surface area contributed by atoms with Gasteiger partial charge in [0.15, 0.2) is 0 Å². The van der Waals surface area contributed by atoms with E-state index in [-0.39, 0.29) is 0 Å². The van der Waals surface area contributed by atoms with E-state index in [1.807, 2.05) is 12.1 Å². The summed E-state index contributed by atoms with van der Waals surface area (Å²) in [5, 5.41) is 6.25. The Bertz CT molecular complexity index is 467. The van der Waals surface area contributed by atoms with Crippen molar-refractivity contribution in [1.29, 1.82) is 0 Å². The van der Waals surface area contributed by atoms with Crippen LogP contribution in [0.15, 0.2) is 18.2 Å². The first-order chi connectivity index (χ1) is 9.17. The van der Waals surface area contributed by atoms with E-state index in [2.05, 4.69) is 44.4 Å². The molecule has 0 radical (unpaired) electrons. The van der Waals surface area contributed by atoms with Crippen molar-refractivity contribution in [3.05, 3.63) is 33.8 Å². The van der Waals surface area contributed by atoms with Crippen LogP contribution in [0.3, 0.4) is 0 Å². The molecular weight excluding hydrogens is 291 g/mol. The van der Waals surface area contributed by atoms with Crippen molar-refractivity contribution >= 4 is 23.2 Å². The van der Waals surface area contributed by atoms with Crippen LogP contribution in [0, 0.1) is 0 Å². The fourth-order valence-corrected chi connectivity index (χ4v) is 4.06. The standard InChI is InChI=1S/C16H24Cl2N2/c1-15(2)8-12(9-16(3,4)20-15)19-10-11-5-6-13(17)14(18)7-11/h5-7,12,19-20H,8-10H2,1-4H3/p+2. The van der Waals surface area contributed by atoms with Crippen molar-refractivity contribution in [3.63, 3.8) is 0 Å². The zero-order valence-corrected chi connectivity index (χ0v) is 14.4. The molecule has 0 atom stereocenters. The number of hydrogen-bond acceptors (Lipinski definition) is 0. The molecule has 1 saturated heterocycles. The lowest BCUT2D eigenvalue weighted by Gasteiger charge is -2.41. The third-order valence-corrected chi connectivity index (χ3v) is 4.77. The second-order valence-electron chi connectivity index (χ2n) is 7.48. The maximum absolute atomic E-state index is 6.08. The van der Waals surface area contributed by atoms with Crippen LogP contribution in [-0.4, -0.2) is 17.1 Å². The van der Waals surface area contributed by atoms with E-state index in [0.29, 0.717) is 27.2 Å². The van der Waals surface area contributed by atoms with Crippen LogP contribution in [0.2, 0.25) is 10.0 Å². The van der Waals surface area contributed by atoms with Crippen molar-refractivity contribution in [2.75, 3.05) is 0 Å². The molecule has 0 aliphatic carbocycles. The van der Waals surface area contributed by atoms with Gasteiger partial charge in [-0.1, -0.05) is 29.3 Å². The lowest BCUT2D eigenvalue weighted by atomic mass is 9.79. The maximum atomic E-state index is 6.08. The Morgan fingerprint density at radius 2 is 1.70 bits per heavy atom. The molecular formula is C16H26Cl2N2+2. The molecule has 1 heterocycles. The number of quaternary nitrogens is 2. The minimum Gasteiger partial charge on any atom is -0.340 e. The predicted octanol–water partition coefficient (Wildman–Crippen LogP) is 2.34. The van der Waals surface area contributed by atoms with E-state index in [1.165, 1.54) is 18.4 Å². The van der Waals surface area contributed by atoms with Crippen LogP contribution in [0.4, 0.5) is 0 Å². The highest BCUT2D eigenvalue weighted by Crippen LogP contribution is 2.23. The summed E-state index contributed by atoms with van der Waals surface area (Å²) in [5.41, 5.74) is 1.88. The first-order valence-electron chi connectivity index (χ1n) is 7.31. The molecule has 1 aromatic rings. The van der Waals surface area contributed by atoms with Crippen LogP contribution < -0.4 is 10.6 Å². The molecule has 1 aliphatic heterocycles. The molecule has 4 N–H and O–H groups in total. The second-order valence-corrected chi connectivity index (χ2v) is 8.29. The van der Waals surface area contributed by atoms with Crippen molar-refractivity contribution in [2.45, 2.75) is 64.2 Å². The van der Waals surface area contributed by atoms with Gasteiger partial charge in [0.25, 0.3) is 0 Å². The summed E-state index contributed by atoms with van der Waals surface area (Å²) in [6, 6.07) is 6.59. The van der Waals surface area contributed by atoms with E-state index >= 15 is 0 Å². The van der Waals surface area contributed by atoms with E-state index in [1.54, 1.807) is 0 Å². The summed E-state index contributed by atoms with van der Waals surface area (Å²) in [4.78, 5) is 0. The van der Waals surface area contributed by atoms with E-state index in [0.717, 1.165) is 6.54 Å². The van der Waals surface area contributed by atoms with Gasteiger partial charge in [-0.25, -0.2) is 0 Å². The van der Waals surface area contributed by atoms with Gasteiger partial charge in [-0.15, -0.1) is 0 Å². The predicted molar refractivity (Wildman–Crippen MR) is 85.2 cm³/mol. The first kappa shape index (κ1) is 16.1. The fraction of sp³-hybridized carbons (Fsp3) is 0.625. The Morgan fingerprint density at radius 1 is 1.10 bits per heavy atom. The average molecular weight is 317 g/mol. The first-order valence-corrected chi connectivity index (χ1v) is 8.07. The van der Waals surface area contributed by atoms with Crippen LogP contribution in [0.25, 0.3) is 0 Å². The summed E-state index contributed by atoms with van der Waals surface area (Å²) in [6.07, 6.45) is 2.47. The highest BCUT2D eigenvalue weighted by molar-refractivity contribution is 6.41. The Kier molecular flexibility index (Phi) is 4.70. The fourth-order valence-electron chi connectivity index (χ4n) is 3.74. The van der Waals surface area contributed by atoms with Crippen LogP contribution in [0.5, 0.6) is 0 Å². The summed E-state index contributed by atoms with van der Waals surface area (Å²) < 4.78 is 0. The van der Waals surface area contributed by atoms with Gasteiger partial charge in [-0.05, 0) is 39.8 Å². The SMILES string of the molecule is CC1(C)CC([NH2+]Cc2ccc(Cl)c(Cl)c2)CC(C)(C)[NH2+]1. The van der Waals surface area contributed by atoms with Gasteiger partial charge in [-0.3, -0.25) is 0 Å². The van der Waals surface area contributed by atoms with Crippen LogP contribution in [-0.2, 0) is 6.54 Å².